The molecule has 1 fully saturated rings. The number of imidazole rings is 1. The number of nitrogens with one attached hydrogen (secondary N) is 1. The number of H-pyrrole nitrogens is 1. The Kier molecular flexibility index (Phi) is 5.11. The average Bonchev–Trinajstić information content (AvgIpc) is 3.42. The molecule has 0 unspecified atom stereocenters. The summed E-state index contributed by atoms with van der Waals surface area (Å²) in [5, 5.41) is 9.24. The lowest BCUT2D eigenvalue weighted by molar-refractivity contribution is 0.0676. The number of amides is 1. The fraction of sp³-hybridized carbons (Fsp3) is 0.450. The highest BCUT2D eigenvalue weighted by atomic mass is 32.1. The molecule has 0 aliphatic carbocycles. The number of aromatic nitrogens is 4. The number of thiophene rings is 1. The molecule has 1 amide bonds. The third-order valence-electron chi connectivity index (χ3n) is 5.20. The molecule has 7 heteroatoms. The monoisotopic (exact) mass is 383 g/mol. The van der Waals surface area contributed by atoms with E-state index in [1.807, 2.05) is 34.7 Å². The molecule has 3 aromatic rings. The van der Waals surface area contributed by atoms with E-state index in [9.17, 15) is 4.79 Å². The van der Waals surface area contributed by atoms with Crippen LogP contribution in [-0.4, -0.2) is 43.6 Å². The van der Waals surface area contributed by atoms with Crippen LogP contribution in [0.3, 0.4) is 0 Å². The van der Waals surface area contributed by atoms with Gasteiger partial charge in [-0.05, 0) is 36.3 Å². The molecule has 0 aromatic carbocycles. The van der Waals surface area contributed by atoms with Crippen molar-refractivity contribution in [1.29, 1.82) is 0 Å². The smallest absolute Gasteiger partial charge is 0.274 e. The molecular formula is C20H25N5OS. The van der Waals surface area contributed by atoms with Gasteiger partial charge in [0.1, 0.15) is 5.82 Å². The van der Waals surface area contributed by atoms with E-state index in [-0.39, 0.29) is 5.91 Å². The van der Waals surface area contributed by atoms with E-state index < -0.39 is 0 Å². The summed E-state index contributed by atoms with van der Waals surface area (Å²) in [5.74, 6) is 2.18. The van der Waals surface area contributed by atoms with E-state index in [1.54, 1.807) is 11.3 Å². The predicted octanol–water partition coefficient (Wildman–Crippen LogP) is 4.01. The van der Waals surface area contributed by atoms with E-state index in [0.717, 1.165) is 48.9 Å². The number of carbonyl (C=O) groups excluding carboxylic acids is 1. The highest BCUT2D eigenvalue weighted by Gasteiger charge is 2.26. The largest absolute Gasteiger partial charge is 0.337 e. The number of nitrogens with zero attached hydrogens (tertiary/aromatic N) is 4. The second-order valence-corrected chi connectivity index (χ2v) is 8.42. The number of carbonyl (C=O) groups is 1. The molecule has 6 nitrogen and oxygen atoms in total. The summed E-state index contributed by atoms with van der Waals surface area (Å²) >= 11 is 1.64. The first-order valence-corrected chi connectivity index (χ1v) is 10.4. The second kappa shape index (κ2) is 7.68. The van der Waals surface area contributed by atoms with E-state index in [2.05, 4.69) is 39.8 Å². The van der Waals surface area contributed by atoms with Crippen molar-refractivity contribution in [2.75, 3.05) is 13.1 Å². The lowest BCUT2D eigenvalue weighted by atomic mass is 9.96. The molecule has 1 N–H and O–H groups in total. The van der Waals surface area contributed by atoms with Crippen LogP contribution in [-0.2, 0) is 6.54 Å². The van der Waals surface area contributed by atoms with Crippen molar-refractivity contribution < 1.29 is 4.79 Å². The van der Waals surface area contributed by atoms with E-state index in [1.165, 1.54) is 0 Å². The standard InChI is InChI=1S/C20H25N5OS/c1-14(2)19-21-7-10-25(19)13-15-5-8-24(9-6-15)20(26)17-12-16(22-23-17)18-4-3-11-27-18/h3-4,7,10-12,14-15H,5-6,8-9,13H2,1-2H3,(H,22,23). The van der Waals surface area contributed by atoms with Gasteiger partial charge in [0.2, 0.25) is 0 Å². The number of rotatable bonds is 5. The molecule has 0 spiro atoms. The number of hydrogen-bond donors (Lipinski definition) is 1. The molecule has 142 valence electrons. The van der Waals surface area contributed by atoms with Gasteiger partial charge >= 0.3 is 0 Å². The molecule has 1 aliphatic heterocycles. The first kappa shape index (κ1) is 18.0. The highest BCUT2D eigenvalue weighted by Crippen LogP contribution is 2.25. The van der Waals surface area contributed by atoms with Gasteiger partial charge < -0.3 is 9.47 Å². The average molecular weight is 384 g/mol. The fourth-order valence-corrected chi connectivity index (χ4v) is 4.42. The summed E-state index contributed by atoms with van der Waals surface area (Å²) in [7, 11) is 0. The Bertz CT molecular complexity index is 887. The van der Waals surface area contributed by atoms with Crippen LogP contribution < -0.4 is 0 Å². The lowest BCUT2D eigenvalue weighted by Crippen LogP contribution is -2.39. The Balaban J connectivity index is 1.35. The minimum Gasteiger partial charge on any atom is -0.337 e. The molecule has 27 heavy (non-hydrogen) atoms. The SMILES string of the molecule is CC(C)c1nccn1CC1CCN(C(=O)c2cc(-c3cccs3)[nH]n2)CC1. The van der Waals surface area contributed by atoms with Crippen LogP contribution in [0.25, 0.3) is 10.6 Å². The van der Waals surface area contributed by atoms with E-state index in [0.29, 0.717) is 17.5 Å². The van der Waals surface area contributed by atoms with Gasteiger partial charge in [-0.25, -0.2) is 4.98 Å². The maximum Gasteiger partial charge on any atom is 0.274 e. The summed E-state index contributed by atoms with van der Waals surface area (Å²) in [6, 6.07) is 5.89. The first-order valence-electron chi connectivity index (χ1n) is 9.51. The van der Waals surface area contributed by atoms with Crippen molar-refractivity contribution in [2.24, 2.45) is 5.92 Å². The van der Waals surface area contributed by atoms with Crippen molar-refractivity contribution in [3.63, 3.8) is 0 Å². The van der Waals surface area contributed by atoms with Crippen molar-refractivity contribution in [2.45, 2.75) is 39.2 Å². The summed E-state index contributed by atoms with van der Waals surface area (Å²) < 4.78 is 2.27. The Morgan fingerprint density at radius 2 is 2.19 bits per heavy atom. The number of likely N-dealkylation sites (tertiary alicyclic amines) is 1. The topological polar surface area (TPSA) is 66.8 Å². The van der Waals surface area contributed by atoms with Crippen LogP contribution in [0.1, 0.15) is 48.9 Å². The molecule has 4 rings (SSSR count). The molecule has 1 aliphatic rings. The summed E-state index contributed by atoms with van der Waals surface area (Å²) in [6.07, 6.45) is 5.99. The molecule has 0 radical (unpaired) electrons. The number of aromatic amines is 1. The van der Waals surface area contributed by atoms with Crippen molar-refractivity contribution in [3.05, 3.63) is 47.5 Å². The van der Waals surface area contributed by atoms with Gasteiger partial charge in [0, 0.05) is 37.9 Å². The third-order valence-corrected chi connectivity index (χ3v) is 6.11. The van der Waals surface area contributed by atoms with Crippen LogP contribution in [0, 0.1) is 5.92 Å². The molecule has 0 saturated carbocycles. The van der Waals surface area contributed by atoms with Gasteiger partial charge in [0.15, 0.2) is 5.69 Å². The van der Waals surface area contributed by atoms with Crippen molar-refractivity contribution in [1.82, 2.24) is 24.6 Å². The van der Waals surface area contributed by atoms with Crippen LogP contribution in [0.5, 0.6) is 0 Å². The fourth-order valence-electron chi connectivity index (χ4n) is 3.72. The predicted molar refractivity (Wildman–Crippen MR) is 107 cm³/mol. The van der Waals surface area contributed by atoms with Crippen molar-refractivity contribution >= 4 is 17.2 Å². The molecule has 4 heterocycles. The van der Waals surface area contributed by atoms with Gasteiger partial charge in [-0.15, -0.1) is 11.3 Å². The van der Waals surface area contributed by atoms with E-state index >= 15 is 0 Å². The number of hydrogen-bond acceptors (Lipinski definition) is 4. The summed E-state index contributed by atoms with van der Waals surface area (Å²) in [4.78, 5) is 20.3. The molecule has 1 saturated heterocycles. The van der Waals surface area contributed by atoms with Gasteiger partial charge in [0.05, 0.1) is 10.6 Å². The minimum absolute atomic E-state index is 0.0259. The Morgan fingerprint density at radius 3 is 2.89 bits per heavy atom. The maximum absolute atomic E-state index is 12.8. The third kappa shape index (κ3) is 3.83. The molecule has 0 atom stereocenters. The Hall–Kier alpha value is -2.41. The maximum atomic E-state index is 12.8. The van der Waals surface area contributed by atoms with Gasteiger partial charge in [-0.1, -0.05) is 19.9 Å². The van der Waals surface area contributed by atoms with Gasteiger partial charge in [-0.2, -0.15) is 5.10 Å². The van der Waals surface area contributed by atoms with Crippen LogP contribution in [0.15, 0.2) is 36.0 Å². The van der Waals surface area contributed by atoms with Crippen molar-refractivity contribution in [3.8, 4) is 10.6 Å². The quantitative estimate of drug-likeness (QED) is 0.724. The summed E-state index contributed by atoms with van der Waals surface area (Å²) in [6.45, 7) is 6.91. The Labute approximate surface area is 163 Å². The number of piperidine rings is 1. The zero-order valence-corrected chi connectivity index (χ0v) is 16.6. The summed E-state index contributed by atoms with van der Waals surface area (Å²) in [5.41, 5.74) is 1.41. The molecular weight excluding hydrogens is 358 g/mol. The van der Waals surface area contributed by atoms with E-state index in [4.69, 9.17) is 0 Å². The molecule has 0 bridgehead atoms. The van der Waals surface area contributed by atoms with Crippen LogP contribution in [0.4, 0.5) is 0 Å². The highest BCUT2D eigenvalue weighted by molar-refractivity contribution is 7.13. The zero-order chi connectivity index (χ0) is 18.8. The second-order valence-electron chi connectivity index (χ2n) is 7.47. The van der Waals surface area contributed by atoms with Gasteiger partial charge in [-0.3, -0.25) is 9.89 Å². The van der Waals surface area contributed by atoms with Gasteiger partial charge in [0.25, 0.3) is 5.91 Å². The molecule has 3 aromatic heterocycles. The zero-order valence-electron chi connectivity index (χ0n) is 15.8. The van der Waals surface area contributed by atoms with Crippen LogP contribution in [0.2, 0.25) is 0 Å². The first-order chi connectivity index (χ1) is 13.1. The lowest BCUT2D eigenvalue weighted by Gasteiger charge is -2.32. The van der Waals surface area contributed by atoms with Crippen LogP contribution >= 0.6 is 11.3 Å². The Morgan fingerprint density at radius 1 is 1.37 bits per heavy atom. The normalized spacial score (nSPS) is 15.6. The minimum atomic E-state index is 0.0259.